The zero-order valence-corrected chi connectivity index (χ0v) is 12.9. The Hall–Kier alpha value is -1.23. The summed E-state index contributed by atoms with van der Waals surface area (Å²) in [5.74, 6) is 0.215. The minimum absolute atomic E-state index is 0.00315. The van der Waals surface area contributed by atoms with Gasteiger partial charge in [-0.3, -0.25) is 0 Å². The Kier molecular flexibility index (Phi) is 7.64. The van der Waals surface area contributed by atoms with Gasteiger partial charge in [-0.1, -0.05) is 27.7 Å². The lowest BCUT2D eigenvalue weighted by molar-refractivity contribution is -0.139. The van der Waals surface area contributed by atoms with Crippen LogP contribution in [0.15, 0.2) is 12.1 Å². The number of ether oxygens (including phenoxy) is 2. The van der Waals surface area contributed by atoms with Gasteiger partial charge in [0.05, 0.1) is 19.3 Å². The maximum absolute atomic E-state index is 13.0. The van der Waals surface area contributed by atoms with Crippen molar-refractivity contribution in [3.05, 3.63) is 28.8 Å². The summed E-state index contributed by atoms with van der Waals surface area (Å²) in [5.41, 5.74) is -0.0525. The topological polar surface area (TPSA) is 18.5 Å². The van der Waals surface area contributed by atoms with E-state index in [1.54, 1.807) is 6.07 Å². The predicted octanol–water partition coefficient (Wildman–Crippen LogP) is 5.01. The highest BCUT2D eigenvalue weighted by atomic mass is 19.4. The van der Waals surface area contributed by atoms with Crippen LogP contribution >= 0.6 is 0 Å². The van der Waals surface area contributed by atoms with Crippen molar-refractivity contribution in [2.75, 3.05) is 14.2 Å². The summed E-state index contributed by atoms with van der Waals surface area (Å²) in [6, 6.07) is 2.80. The normalized spacial score (nSPS) is 11.1. The molecule has 5 heteroatoms. The molecular weight excluding hydrogens is 269 g/mol. The van der Waals surface area contributed by atoms with Gasteiger partial charge in [-0.15, -0.1) is 0 Å². The summed E-state index contributed by atoms with van der Waals surface area (Å²) in [6.07, 6.45) is -4.41. The Morgan fingerprint density at radius 2 is 1.65 bits per heavy atom. The molecule has 20 heavy (non-hydrogen) atoms. The van der Waals surface area contributed by atoms with Crippen molar-refractivity contribution < 1.29 is 22.6 Å². The molecule has 0 saturated heterocycles. The van der Waals surface area contributed by atoms with Gasteiger partial charge in [0.25, 0.3) is 0 Å². The number of alkyl halides is 3. The van der Waals surface area contributed by atoms with Crippen LogP contribution in [-0.4, -0.2) is 14.2 Å². The third-order valence-corrected chi connectivity index (χ3v) is 2.71. The highest BCUT2D eigenvalue weighted by Crippen LogP contribution is 2.38. The van der Waals surface area contributed by atoms with Crippen molar-refractivity contribution in [2.45, 2.75) is 46.4 Å². The maximum Gasteiger partial charge on any atom is 0.416 e. The molecule has 0 aromatic heterocycles. The third kappa shape index (κ3) is 4.71. The fourth-order valence-corrected chi connectivity index (χ4v) is 1.73. The standard InChI is InChI=1S/C13H17F3O2.C2H6/c1-8(2)9-5-11(13(14,15)16)10(7-17-3)12(6-9)18-4;1-2/h5-6,8H,7H2,1-4H3;1-2H3. The summed E-state index contributed by atoms with van der Waals surface area (Å²) in [6.45, 7) is 7.55. The Labute approximate surface area is 118 Å². The number of hydrogen-bond acceptors (Lipinski definition) is 2. The number of benzene rings is 1. The van der Waals surface area contributed by atoms with Crippen LogP contribution in [0.4, 0.5) is 13.2 Å². The third-order valence-electron chi connectivity index (χ3n) is 2.71. The molecule has 0 bridgehead atoms. The van der Waals surface area contributed by atoms with E-state index in [0.717, 1.165) is 0 Å². The first kappa shape index (κ1) is 18.8. The van der Waals surface area contributed by atoms with E-state index in [1.165, 1.54) is 20.3 Å². The average molecular weight is 292 g/mol. The van der Waals surface area contributed by atoms with Crippen molar-refractivity contribution in [3.8, 4) is 5.75 Å². The van der Waals surface area contributed by atoms with Crippen molar-refractivity contribution in [2.24, 2.45) is 0 Å². The zero-order chi connectivity index (χ0) is 15.9. The van der Waals surface area contributed by atoms with E-state index in [2.05, 4.69) is 0 Å². The fraction of sp³-hybridized carbons (Fsp3) is 0.600. The monoisotopic (exact) mass is 292 g/mol. The summed E-state index contributed by atoms with van der Waals surface area (Å²) < 4.78 is 48.9. The molecule has 0 amide bonds. The molecule has 0 spiro atoms. The molecule has 0 heterocycles. The first-order chi connectivity index (χ1) is 9.31. The Bertz CT molecular complexity index is 412. The second-order valence-electron chi connectivity index (χ2n) is 4.33. The van der Waals surface area contributed by atoms with Crippen LogP contribution in [0.2, 0.25) is 0 Å². The molecule has 0 saturated carbocycles. The fourth-order valence-electron chi connectivity index (χ4n) is 1.73. The molecule has 0 aliphatic carbocycles. The van der Waals surface area contributed by atoms with Gasteiger partial charge in [-0.05, 0) is 23.6 Å². The maximum atomic E-state index is 13.0. The SMILES string of the molecule is CC.COCc1c(OC)cc(C(C)C)cc1C(F)(F)F. The second-order valence-corrected chi connectivity index (χ2v) is 4.33. The number of hydrogen-bond donors (Lipinski definition) is 0. The van der Waals surface area contributed by atoms with Crippen molar-refractivity contribution in [3.63, 3.8) is 0 Å². The van der Waals surface area contributed by atoms with Gasteiger partial charge in [0, 0.05) is 12.7 Å². The lowest BCUT2D eigenvalue weighted by atomic mass is 9.96. The Morgan fingerprint density at radius 1 is 1.10 bits per heavy atom. The first-order valence-corrected chi connectivity index (χ1v) is 6.58. The summed E-state index contributed by atoms with van der Waals surface area (Å²) in [7, 11) is 2.72. The molecule has 116 valence electrons. The van der Waals surface area contributed by atoms with Crippen LogP contribution in [0.5, 0.6) is 5.75 Å². The Morgan fingerprint density at radius 3 is 2.00 bits per heavy atom. The van der Waals surface area contributed by atoms with Crippen LogP contribution < -0.4 is 4.74 Å². The van der Waals surface area contributed by atoms with Gasteiger partial charge in [0.15, 0.2) is 0 Å². The lowest BCUT2D eigenvalue weighted by Gasteiger charge is -2.19. The quantitative estimate of drug-likeness (QED) is 0.776. The van der Waals surface area contributed by atoms with Gasteiger partial charge in [-0.25, -0.2) is 0 Å². The predicted molar refractivity (Wildman–Crippen MR) is 74.1 cm³/mol. The highest BCUT2D eigenvalue weighted by molar-refractivity contribution is 5.46. The molecule has 1 rings (SSSR count). The van der Waals surface area contributed by atoms with Crippen LogP contribution in [-0.2, 0) is 17.5 Å². The van der Waals surface area contributed by atoms with Crippen molar-refractivity contribution >= 4 is 0 Å². The van der Waals surface area contributed by atoms with Crippen LogP contribution in [0, 0.1) is 0 Å². The molecule has 0 atom stereocenters. The van der Waals surface area contributed by atoms with Gasteiger partial charge in [0.2, 0.25) is 0 Å². The van der Waals surface area contributed by atoms with Crippen LogP contribution in [0.3, 0.4) is 0 Å². The van der Waals surface area contributed by atoms with E-state index < -0.39 is 11.7 Å². The number of halogens is 3. The van der Waals surface area contributed by atoms with E-state index in [-0.39, 0.29) is 23.8 Å². The largest absolute Gasteiger partial charge is 0.496 e. The van der Waals surface area contributed by atoms with E-state index in [9.17, 15) is 13.2 Å². The Balaban J connectivity index is 0.00000172. The van der Waals surface area contributed by atoms with Crippen LogP contribution in [0.1, 0.15) is 50.3 Å². The minimum Gasteiger partial charge on any atom is -0.496 e. The molecule has 0 radical (unpaired) electrons. The molecular formula is C15H23F3O2. The van der Waals surface area contributed by atoms with Gasteiger partial charge in [-0.2, -0.15) is 13.2 Å². The molecule has 0 aliphatic heterocycles. The second kappa shape index (κ2) is 8.15. The summed E-state index contributed by atoms with van der Waals surface area (Å²) in [5, 5.41) is 0. The molecule has 2 nitrogen and oxygen atoms in total. The summed E-state index contributed by atoms with van der Waals surface area (Å²) >= 11 is 0. The molecule has 0 aliphatic rings. The molecule has 1 aromatic carbocycles. The van der Waals surface area contributed by atoms with Gasteiger partial charge < -0.3 is 9.47 Å². The van der Waals surface area contributed by atoms with E-state index in [0.29, 0.717) is 5.56 Å². The van der Waals surface area contributed by atoms with Crippen LogP contribution in [0.25, 0.3) is 0 Å². The van der Waals surface area contributed by atoms with E-state index in [4.69, 9.17) is 9.47 Å². The molecule has 1 aromatic rings. The minimum atomic E-state index is -4.41. The van der Waals surface area contributed by atoms with E-state index in [1.807, 2.05) is 27.7 Å². The highest BCUT2D eigenvalue weighted by Gasteiger charge is 2.35. The van der Waals surface area contributed by atoms with Gasteiger partial charge in [0.1, 0.15) is 5.75 Å². The summed E-state index contributed by atoms with van der Waals surface area (Å²) in [4.78, 5) is 0. The van der Waals surface area contributed by atoms with Crippen molar-refractivity contribution in [1.82, 2.24) is 0 Å². The lowest BCUT2D eigenvalue weighted by Crippen LogP contribution is -2.12. The van der Waals surface area contributed by atoms with Crippen molar-refractivity contribution in [1.29, 1.82) is 0 Å². The molecule has 0 unspecified atom stereocenters. The average Bonchev–Trinajstić information content (AvgIpc) is 2.39. The molecule has 0 fully saturated rings. The zero-order valence-electron chi connectivity index (χ0n) is 12.9. The van der Waals surface area contributed by atoms with Gasteiger partial charge >= 0.3 is 6.18 Å². The first-order valence-electron chi connectivity index (χ1n) is 6.58. The molecule has 0 N–H and O–H groups in total. The van der Waals surface area contributed by atoms with E-state index >= 15 is 0 Å². The number of rotatable bonds is 4. The smallest absolute Gasteiger partial charge is 0.416 e. The number of methoxy groups -OCH3 is 2.